The average molecular weight is 391 g/mol. The summed E-state index contributed by atoms with van der Waals surface area (Å²) in [6, 6.07) is 5.01. The number of esters is 1. The molecule has 0 unspecified atom stereocenters. The van der Waals surface area contributed by atoms with E-state index in [1.54, 1.807) is 14.2 Å². The minimum absolute atomic E-state index is 0.0421. The van der Waals surface area contributed by atoms with Gasteiger partial charge in [-0.15, -0.1) is 0 Å². The lowest BCUT2D eigenvalue weighted by Crippen LogP contribution is -2.45. The Balaban J connectivity index is 1.98. The highest BCUT2D eigenvalue weighted by molar-refractivity contribution is 7.80. The van der Waals surface area contributed by atoms with E-state index in [1.165, 1.54) is 0 Å². The fraction of sp³-hybridized carbons (Fsp3) is 0.500. The number of hydrogen-bond donors (Lipinski definition) is 2. The van der Waals surface area contributed by atoms with Crippen LogP contribution >= 0.6 is 12.2 Å². The molecule has 146 valence electrons. The molecule has 1 aromatic rings. The number of thiocarbonyl (C=S) groups is 1. The number of benzene rings is 1. The van der Waals surface area contributed by atoms with Gasteiger partial charge in [0.2, 0.25) is 0 Å². The monoisotopic (exact) mass is 390 g/mol. The summed E-state index contributed by atoms with van der Waals surface area (Å²) in [6.45, 7) is 3.96. The second-order valence-electron chi connectivity index (χ2n) is 7.03. The van der Waals surface area contributed by atoms with Gasteiger partial charge in [0.25, 0.3) is 0 Å². The average Bonchev–Trinajstić information content (AvgIpc) is 3.04. The van der Waals surface area contributed by atoms with Gasteiger partial charge in [-0.1, -0.05) is 6.92 Å². The molecular formula is C20H26N2O4S. The molecule has 6 nitrogen and oxygen atoms in total. The zero-order valence-electron chi connectivity index (χ0n) is 16.1. The lowest BCUT2D eigenvalue weighted by Gasteiger charge is -2.31. The van der Waals surface area contributed by atoms with Gasteiger partial charge in [0.1, 0.15) is 17.6 Å². The van der Waals surface area contributed by atoms with Crippen molar-refractivity contribution in [3.63, 3.8) is 0 Å². The Morgan fingerprint density at radius 3 is 2.63 bits per heavy atom. The molecule has 1 saturated carbocycles. The molecule has 0 amide bonds. The van der Waals surface area contributed by atoms with Gasteiger partial charge in [-0.2, -0.15) is 0 Å². The number of methoxy groups -OCH3 is 2. The summed E-state index contributed by atoms with van der Waals surface area (Å²) in [4.78, 5) is 13.1. The van der Waals surface area contributed by atoms with Crippen LogP contribution in [0.15, 0.2) is 29.5 Å². The Morgan fingerprint density at radius 2 is 2.00 bits per heavy atom. The molecule has 1 fully saturated rings. The number of carbonyl (C=O) groups is 1. The summed E-state index contributed by atoms with van der Waals surface area (Å²) in [7, 11) is 3.20. The van der Waals surface area contributed by atoms with Crippen molar-refractivity contribution in [3.05, 3.63) is 35.0 Å². The minimum Gasteiger partial charge on any atom is -0.497 e. The third kappa shape index (κ3) is 4.03. The molecule has 3 atom stereocenters. The van der Waals surface area contributed by atoms with E-state index in [0.717, 1.165) is 24.8 Å². The zero-order chi connectivity index (χ0) is 19.6. The number of rotatable bonds is 5. The maximum Gasteiger partial charge on any atom is 0.338 e. The fourth-order valence-corrected chi connectivity index (χ4v) is 4.02. The second kappa shape index (κ2) is 8.17. The zero-order valence-corrected chi connectivity index (χ0v) is 16.9. The normalized spacial score (nSPS) is 24.9. The Morgan fingerprint density at radius 1 is 1.22 bits per heavy atom. The summed E-state index contributed by atoms with van der Waals surface area (Å²) in [6.07, 6.45) is 3.04. The van der Waals surface area contributed by atoms with E-state index in [2.05, 4.69) is 17.6 Å². The van der Waals surface area contributed by atoms with Gasteiger partial charge in [-0.3, -0.25) is 0 Å². The molecule has 0 saturated heterocycles. The quantitative estimate of drug-likeness (QED) is 0.591. The van der Waals surface area contributed by atoms with Gasteiger partial charge in [0, 0.05) is 11.3 Å². The molecule has 0 bridgehead atoms. The van der Waals surface area contributed by atoms with E-state index in [-0.39, 0.29) is 12.1 Å². The highest BCUT2D eigenvalue weighted by atomic mass is 32.1. The molecule has 1 aromatic carbocycles. The summed E-state index contributed by atoms with van der Waals surface area (Å²) < 4.78 is 16.7. The Bertz CT molecular complexity index is 777. The van der Waals surface area contributed by atoms with Crippen molar-refractivity contribution in [3.8, 4) is 11.5 Å². The Kier molecular flexibility index (Phi) is 5.89. The van der Waals surface area contributed by atoms with Crippen molar-refractivity contribution in [2.24, 2.45) is 5.92 Å². The van der Waals surface area contributed by atoms with E-state index in [0.29, 0.717) is 33.8 Å². The Labute approximate surface area is 165 Å². The van der Waals surface area contributed by atoms with Crippen LogP contribution in [0.25, 0.3) is 0 Å². The molecule has 7 heteroatoms. The van der Waals surface area contributed by atoms with E-state index in [1.807, 2.05) is 25.1 Å². The van der Waals surface area contributed by atoms with Crippen LogP contribution in [-0.4, -0.2) is 31.4 Å². The SMILES string of the molecule is COc1ccc(OC)c([C@H]2NC(=S)NC(C)=C2C(=O)O[C@H]2CCC[C@H]2C)c1. The first kappa shape index (κ1) is 19.5. The number of allylic oxidation sites excluding steroid dienone is 1. The van der Waals surface area contributed by atoms with Gasteiger partial charge in [0.15, 0.2) is 5.11 Å². The van der Waals surface area contributed by atoms with Crippen molar-refractivity contribution in [2.75, 3.05) is 14.2 Å². The van der Waals surface area contributed by atoms with E-state index in [4.69, 9.17) is 26.4 Å². The first-order valence-corrected chi connectivity index (χ1v) is 9.56. The van der Waals surface area contributed by atoms with Gasteiger partial charge in [-0.25, -0.2) is 4.79 Å². The molecule has 0 spiro atoms. The van der Waals surface area contributed by atoms with Crippen molar-refractivity contribution < 1.29 is 19.0 Å². The molecule has 3 rings (SSSR count). The summed E-state index contributed by atoms with van der Waals surface area (Å²) in [5, 5.41) is 6.67. The molecule has 1 aliphatic carbocycles. The van der Waals surface area contributed by atoms with Crippen LogP contribution in [0.1, 0.15) is 44.7 Å². The van der Waals surface area contributed by atoms with Crippen molar-refractivity contribution in [2.45, 2.75) is 45.3 Å². The number of nitrogens with one attached hydrogen (secondary N) is 2. The van der Waals surface area contributed by atoms with Crippen LogP contribution in [0.3, 0.4) is 0 Å². The van der Waals surface area contributed by atoms with E-state index < -0.39 is 6.04 Å². The van der Waals surface area contributed by atoms with Crippen molar-refractivity contribution >= 4 is 23.3 Å². The molecule has 2 N–H and O–H groups in total. The first-order chi connectivity index (χ1) is 12.9. The van der Waals surface area contributed by atoms with E-state index >= 15 is 0 Å². The molecule has 2 aliphatic rings. The van der Waals surface area contributed by atoms with Crippen LogP contribution < -0.4 is 20.1 Å². The van der Waals surface area contributed by atoms with Crippen molar-refractivity contribution in [1.29, 1.82) is 0 Å². The predicted molar refractivity (Wildman–Crippen MR) is 107 cm³/mol. The predicted octanol–water partition coefficient (Wildman–Crippen LogP) is 3.23. The van der Waals surface area contributed by atoms with Crippen molar-refractivity contribution in [1.82, 2.24) is 10.6 Å². The number of ether oxygens (including phenoxy) is 3. The smallest absolute Gasteiger partial charge is 0.338 e. The summed E-state index contributed by atoms with van der Waals surface area (Å²) >= 11 is 5.32. The third-order valence-corrected chi connectivity index (χ3v) is 5.50. The molecule has 1 aliphatic heterocycles. The van der Waals surface area contributed by atoms with Crippen LogP contribution in [-0.2, 0) is 9.53 Å². The minimum atomic E-state index is -0.479. The molecule has 27 heavy (non-hydrogen) atoms. The van der Waals surface area contributed by atoms with Gasteiger partial charge in [-0.05, 0) is 62.5 Å². The number of carbonyl (C=O) groups excluding carboxylic acids is 1. The van der Waals surface area contributed by atoms with Gasteiger partial charge >= 0.3 is 5.97 Å². The highest BCUT2D eigenvalue weighted by Crippen LogP contribution is 2.37. The Hall–Kier alpha value is -2.28. The first-order valence-electron chi connectivity index (χ1n) is 9.15. The maximum absolute atomic E-state index is 13.1. The van der Waals surface area contributed by atoms with Crippen LogP contribution in [0.2, 0.25) is 0 Å². The van der Waals surface area contributed by atoms with Crippen LogP contribution in [0.5, 0.6) is 11.5 Å². The molecule has 1 heterocycles. The lowest BCUT2D eigenvalue weighted by molar-refractivity contribution is -0.146. The van der Waals surface area contributed by atoms with Crippen LogP contribution in [0, 0.1) is 5.92 Å². The topological polar surface area (TPSA) is 68.8 Å². The highest BCUT2D eigenvalue weighted by Gasteiger charge is 2.35. The van der Waals surface area contributed by atoms with Crippen LogP contribution in [0.4, 0.5) is 0 Å². The maximum atomic E-state index is 13.1. The molecular weight excluding hydrogens is 364 g/mol. The second-order valence-corrected chi connectivity index (χ2v) is 7.44. The largest absolute Gasteiger partial charge is 0.497 e. The fourth-order valence-electron chi connectivity index (χ4n) is 3.75. The number of hydrogen-bond acceptors (Lipinski definition) is 5. The van der Waals surface area contributed by atoms with Gasteiger partial charge in [0.05, 0.1) is 25.8 Å². The summed E-state index contributed by atoms with van der Waals surface area (Å²) in [5.41, 5.74) is 1.96. The lowest BCUT2D eigenvalue weighted by atomic mass is 9.94. The summed E-state index contributed by atoms with van der Waals surface area (Å²) in [5.74, 6) is 1.37. The van der Waals surface area contributed by atoms with Gasteiger partial charge < -0.3 is 24.8 Å². The third-order valence-electron chi connectivity index (χ3n) is 5.28. The van der Waals surface area contributed by atoms with E-state index in [9.17, 15) is 4.79 Å². The standard InChI is InChI=1S/C20H26N2O4S/c1-11-6-5-7-15(11)26-19(23)17-12(2)21-20(27)22-18(17)14-10-13(24-3)8-9-16(14)25-4/h8-11,15,18H,5-7H2,1-4H3,(H2,21,22,27)/t11-,15+,18-/m1/s1. The molecule has 0 aromatic heterocycles. The molecule has 0 radical (unpaired) electrons.